The topological polar surface area (TPSA) is 81.1 Å². The summed E-state index contributed by atoms with van der Waals surface area (Å²) < 4.78 is 5.79. The number of aromatic nitrogens is 4. The van der Waals surface area contributed by atoms with Crippen LogP contribution in [0, 0.1) is 27.7 Å². The van der Waals surface area contributed by atoms with Gasteiger partial charge in [0.25, 0.3) is 5.91 Å². The first-order chi connectivity index (χ1) is 11.4. The molecule has 7 nitrogen and oxygen atoms in total. The van der Waals surface area contributed by atoms with E-state index in [1.165, 1.54) is 0 Å². The van der Waals surface area contributed by atoms with Gasteiger partial charge < -0.3 is 9.64 Å². The summed E-state index contributed by atoms with van der Waals surface area (Å²) in [4.78, 5) is 31.9. The van der Waals surface area contributed by atoms with Gasteiger partial charge in [-0.3, -0.25) is 4.79 Å². The zero-order valence-electron chi connectivity index (χ0n) is 14.4. The Balaban J connectivity index is 1.81. The first kappa shape index (κ1) is 16.4. The molecule has 0 aliphatic carbocycles. The van der Waals surface area contributed by atoms with Crippen LogP contribution in [0.4, 0.5) is 0 Å². The second-order valence-corrected chi connectivity index (χ2v) is 6.04. The van der Waals surface area contributed by atoms with Crippen LogP contribution in [0.2, 0.25) is 0 Å². The van der Waals surface area contributed by atoms with E-state index in [0.29, 0.717) is 42.6 Å². The van der Waals surface area contributed by atoms with Crippen molar-refractivity contribution in [1.29, 1.82) is 0 Å². The Morgan fingerprint density at radius 3 is 2.54 bits per heavy atom. The maximum atomic E-state index is 12.8. The summed E-state index contributed by atoms with van der Waals surface area (Å²) in [5, 5.41) is 0. The van der Waals surface area contributed by atoms with Crippen LogP contribution >= 0.6 is 0 Å². The van der Waals surface area contributed by atoms with Crippen molar-refractivity contribution in [3.8, 4) is 0 Å². The van der Waals surface area contributed by atoms with Crippen molar-refractivity contribution in [3.63, 3.8) is 0 Å². The molecular weight excluding hydrogens is 306 g/mol. The number of hydrogen-bond acceptors (Lipinski definition) is 6. The summed E-state index contributed by atoms with van der Waals surface area (Å²) in [5.74, 6) is 1.21. The normalized spacial score (nSPS) is 17.8. The minimum absolute atomic E-state index is 0.0785. The van der Waals surface area contributed by atoms with E-state index in [2.05, 4.69) is 19.9 Å². The van der Waals surface area contributed by atoms with Gasteiger partial charge in [0.05, 0.1) is 24.4 Å². The van der Waals surface area contributed by atoms with Gasteiger partial charge in [0.15, 0.2) is 5.82 Å². The molecule has 1 atom stereocenters. The molecule has 0 saturated carbocycles. The fourth-order valence-electron chi connectivity index (χ4n) is 2.85. The van der Waals surface area contributed by atoms with Gasteiger partial charge in [-0.15, -0.1) is 0 Å². The molecule has 3 rings (SSSR count). The summed E-state index contributed by atoms with van der Waals surface area (Å²) >= 11 is 0. The standard InChI is InChI=1S/C17H21N5O2/c1-10-7-11(2)20-16(19-10)15-9-22(5-6-24-15)17(23)14-8-18-13(4)21-12(14)3/h7-8,15H,5-6,9H2,1-4H3/t15-/m1/s1. The fourth-order valence-corrected chi connectivity index (χ4v) is 2.85. The van der Waals surface area contributed by atoms with Crippen molar-refractivity contribution >= 4 is 5.91 Å². The minimum Gasteiger partial charge on any atom is -0.367 e. The molecule has 1 saturated heterocycles. The number of hydrogen-bond donors (Lipinski definition) is 0. The fraction of sp³-hybridized carbons (Fsp3) is 0.471. The lowest BCUT2D eigenvalue weighted by Crippen LogP contribution is -2.43. The number of nitrogens with zero attached hydrogens (tertiary/aromatic N) is 5. The highest BCUT2D eigenvalue weighted by molar-refractivity contribution is 5.95. The maximum Gasteiger partial charge on any atom is 0.257 e. The molecule has 24 heavy (non-hydrogen) atoms. The van der Waals surface area contributed by atoms with Gasteiger partial charge in [-0.1, -0.05) is 0 Å². The van der Waals surface area contributed by atoms with E-state index in [1.54, 1.807) is 11.1 Å². The van der Waals surface area contributed by atoms with E-state index in [0.717, 1.165) is 11.4 Å². The number of rotatable bonds is 2. The summed E-state index contributed by atoms with van der Waals surface area (Å²) in [6, 6.07) is 1.92. The lowest BCUT2D eigenvalue weighted by molar-refractivity contribution is -0.0270. The van der Waals surface area contributed by atoms with Crippen molar-refractivity contribution < 1.29 is 9.53 Å². The van der Waals surface area contributed by atoms with Crippen molar-refractivity contribution in [2.45, 2.75) is 33.8 Å². The Hall–Kier alpha value is -2.41. The van der Waals surface area contributed by atoms with Crippen LogP contribution in [0.3, 0.4) is 0 Å². The number of ether oxygens (including phenoxy) is 1. The third-order valence-electron chi connectivity index (χ3n) is 3.97. The molecule has 1 aliphatic heterocycles. The van der Waals surface area contributed by atoms with Crippen molar-refractivity contribution in [1.82, 2.24) is 24.8 Å². The Bertz CT molecular complexity index is 757. The highest BCUT2D eigenvalue weighted by Crippen LogP contribution is 2.21. The predicted octanol–water partition coefficient (Wildman–Crippen LogP) is 1.71. The van der Waals surface area contributed by atoms with Crippen LogP contribution in [-0.4, -0.2) is 50.4 Å². The highest BCUT2D eigenvalue weighted by Gasteiger charge is 2.29. The van der Waals surface area contributed by atoms with E-state index in [4.69, 9.17) is 4.74 Å². The van der Waals surface area contributed by atoms with Crippen LogP contribution in [0.5, 0.6) is 0 Å². The van der Waals surface area contributed by atoms with Crippen LogP contribution in [0.1, 0.15) is 45.2 Å². The second kappa shape index (κ2) is 6.60. The molecule has 0 N–H and O–H groups in total. The molecule has 2 aromatic rings. The van der Waals surface area contributed by atoms with Gasteiger partial charge in [-0.2, -0.15) is 0 Å². The maximum absolute atomic E-state index is 12.8. The van der Waals surface area contributed by atoms with Crippen molar-refractivity contribution in [2.24, 2.45) is 0 Å². The summed E-state index contributed by atoms with van der Waals surface area (Å²) in [6.45, 7) is 8.91. The first-order valence-electron chi connectivity index (χ1n) is 7.97. The Kier molecular flexibility index (Phi) is 4.53. The zero-order chi connectivity index (χ0) is 17.3. The van der Waals surface area contributed by atoms with Gasteiger partial charge in [-0.25, -0.2) is 19.9 Å². The molecule has 126 valence electrons. The second-order valence-electron chi connectivity index (χ2n) is 6.04. The first-order valence-corrected chi connectivity index (χ1v) is 7.97. The van der Waals surface area contributed by atoms with Crippen LogP contribution in [0.25, 0.3) is 0 Å². The molecule has 7 heteroatoms. The lowest BCUT2D eigenvalue weighted by Gasteiger charge is -2.32. The molecule has 0 aromatic carbocycles. The minimum atomic E-state index is -0.312. The van der Waals surface area contributed by atoms with Gasteiger partial charge in [0.1, 0.15) is 11.9 Å². The van der Waals surface area contributed by atoms with Crippen LogP contribution in [-0.2, 0) is 4.74 Å². The highest BCUT2D eigenvalue weighted by atomic mass is 16.5. The van der Waals surface area contributed by atoms with Crippen LogP contribution in [0.15, 0.2) is 12.3 Å². The molecule has 1 aliphatic rings. The van der Waals surface area contributed by atoms with Crippen molar-refractivity contribution in [2.75, 3.05) is 19.7 Å². The molecule has 0 spiro atoms. The summed E-state index contributed by atoms with van der Waals surface area (Å²) in [5.41, 5.74) is 3.01. The van der Waals surface area contributed by atoms with E-state index >= 15 is 0 Å². The van der Waals surface area contributed by atoms with Crippen molar-refractivity contribution in [3.05, 3.63) is 46.6 Å². The SMILES string of the molecule is Cc1cc(C)nc([C@H]2CN(C(=O)c3cnc(C)nc3C)CCO2)n1. The Morgan fingerprint density at radius 1 is 1.17 bits per heavy atom. The third kappa shape index (κ3) is 3.41. The van der Waals surface area contributed by atoms with Gasteiger partial charge >= 0.3 is 0 Å². The van der Waals surface area contributed by atoms with Gasteiger partial charge in [-0.05, 0) is 33.8 Å². The number of morpholine rings is 1. The molecular formula is C17H21N5O2. The molecule has 3 heterocycles. The smallest absolute Gasteiger partial charge is 0.257 e. The molecule has 1 fully saturated rings. The number of carbonyl (C=O) groups is 1. The molecule has 2 aromatic heterocycles. The van der Waals surface area contributed by atoms with Crippen LogP contribution < -0.4 is 0 Å². The van der Waals surface area contributed by atoms with E-state index in [1.807, 2.05) is 33.8 Å². The van der Waals surface area contributed by atoms with E-state index < -0.39 is 0 Å². The van der Waals surface area contributed by atoms with E-state index in [9.17, 15) is 4.79 Å². The lowest BCUT2D eigenvalue weighted by atomic mass is 10.1. The number of carbonyl (C=O) groups excluding carboxylic acids is 1. The number of aryl methyl sites for hydroxylation is 4. The predicted molar refractivity (Wildman–Crippen MR) is 87.6 cm³/mol. The molecule has 0 unspecified atom stereocenters. The average molecular weight is 327 g/mol. The summed E-state index contributed by atoms with van der Waals surface area (Å²) in [7, 11) is 0. The average Bonchev–Trinajstić information content (AvgIpc) is 2.53. The summed E-state index contributed by atoms with van der Waals surface area (Å²) in [6.07, 6.45) is 1.28. The Morgan fingerprint density at radius 2 is 1.88 bits per heavy atom. The molecule has 0 bridgehead atoms. The number of amides is 1. The Labute approximate surface area is 141 Å². The quantitative estimate of drug-likeness (QED) is 0.835. The van der Waals surface area contributed by atoms with E-state index in [-0.39, 0.29) is 12.0 Å². The van der Waals surface area contributed by atoms with Gasteiger partial charge in [0.2, 0.25) is 0 Å². The largest absolute Gasteiger partial charge is 0.367 e. The zero-order valence-corrected chi connectivity index (χ0v) is 14.4. The third-order valence-corrected chi connectivity index (χ3v) is 3.97. The monoisotopic (exact) mass is 327 g/mol. The molecule has 1 amide bonds. The van der Waals surface area contributed by atoms with Gasteiger partial charge in [0, 0.05) is 24.1 Å². The molecule has 0 radical (unpaired) electrons.